The van der Waals surface area contributed by atoms with Crippen LogP contribution < -0.4 is 0 Å². The van der Waals surface area contributed by atoms with Crippen molar-refractivity contribution in [1.82, 2.24) is 24.5 Å². The maximum absolute atomic E-state index is 6.24. The fourth-order valence-corrected chi connectivity index (χ4v) is 10.4. The number of fused-ring (bicyclic) bond motifs is 7. The largest absolute Gasteiger partial charge is 0.456 e. The van der Waals surface area contributed by atoms with Crippen LogP contribution in [-0.4, -0.2) is 24.5 Å². The highest BCUT2D eigenvalue weighted by atomic mass is 32.1. The number of furan rings is 1. The van der Waals surface area contributed by atoms with E-state index in [1.54, 1.807) is 0 Å². The molecule has 0 saturated heterocycles. The third-order valence-corrected chi connectivity index (χ3v) is 13.5. The van der Waals surface area contributed by atoms with Gasteiger partial charge in [-0.15, -0.1) is 11.3 Å². The third kappa shape index (κ3) is 6.32. The minimum Gasteiger partial charge on any atom is -0.456 e. The van der Waals surface area contributed by atoms with Gasteiger partial charge in [-0.3, -0.25) is 4.57 Å². The number of benzene rings is 9. The molecule has 13 rings (SSSR count). The monoisotopic (exact) mass is 849 g/mol. The van der Waals surface area contributed by atoms with Gasteiger partial charge in [0.05, 0.1) is 11.0 Å². The Labute approximate surface area is 377 Å². The molecule has 0 aliphatic carbocycles. The Morgan fingerprint density at radius 2 is 0.985 bits per heavy atom. The molecule has 9 aromatic carbocycles. The summed E-state index contributed by atoms with van der Waals surface area (Å²) in [5.74, 6) is 2.76. The lowest BCUT2D eigenvalue weighted by Gasteiger charge is -2.10. The Hall–Kier alpha value is -8.52. The van der Waals surface area contributed by atoms with Crippen molar-refractivity contribution in [1.29, 1.82) is 0 Å². The van der Waals surface area contributed by atoms with E-state index in [0.717, 1.165) is 77.9 Å². The van der Waals surface area contributed by atoms with Crippen LogP contribution in [0.15, 0.2) is 217 Å². The Morgan fingerprint density at radius 1 is 0.385 bits per heavy atom. The van der Waals surface area contributed by atoms with Crippen molar-refractivity contribution < 1.29 is 4.42 Å². The Kier molecular flexibility index (Phi) is 8.60. The first kappa shape index (κ1) is 37.1. The second-order valence-electron chi connectivity index (χ2n) is 16.2. The van der Waals surface area contributed by atoms with Crippen molar-refractivity contribution in [2.24, 2.45) is 0 Å². The van der Waals surface area contributed by atoms with E-state index in [9.17, 15) is 0 Å². The molecule has 0 aliphatic rings. The molecule has 4 heterocycles. The molecule has 0 N–H and O–H groups in total. The third-order valence-electron chi connectivity index (χ3n) is 12.3. The quantitative estimate of drug-likeness (QED) is 0.160. The first-order chi connectivity index (χ1) is 32.2. The van der Waals surface area contributed by atoms with Crippen molar-refractivity contribution in [3.05, 3.63) is 212 Å². The highest BCUT2D eigenvalue weighted by Gasteiger charge is 2.19. The Morgan fingerprint density at radius 3 is 1.82 bits per heavy atom. The smallest absolute Gasteiger partial charge is 0.164 e. The molecule has 0 bridgehead atoms. The minimum atomic E-state index is 0.601. The maximum atomic E-state index is 6.24. The van der Waals surface area contributed by atoms with Gasteiger partial charge >= 0.3 is 0 Å². The highest BCUT2D eigenvalue weighted by molar-refractivity contribution is 7.26. The van der Waals surface area contributed by atoms with E-state index < -0.39 is 0 Å². The van der Waals surface area contributed by atoms with E-state index in [1.165, 1.54) is 31.3 Å². The second kappa shape index (κ2) is 15.1. The summed E-state index contributed by atoms with van der Waals surface area (Å²) in [5, 5.41) is 4.52. The predicted molar refractivity (Wildman–Crippen MR) is 267 cm³/mol. The molecule has 0 spiro atoms. The van der Waals surface area contributed by atoms with Gasteiger partial charge in [-0.1, -0.05) is 164 Å². The molecule has 6 nitrogen and oxygen atoms in total. The zero-order valence-electron chi connectivity index (χ0n) is 34.8. The molecule has 0 fully saturated rings. The van der Waals surface area contributed by atoms with Crippen LogP contribution in [0, 0.1) is 0 Å². The van der Waals surface area contributed by atoms with Gasteiger partial charge < -0.3 is 4.42 Å². The summed E-state index contributed by atoms with van der Waals surface area (Å²) in [5.41, 5.74) is 13.3. The van der Waals surface area contributed by atoms with Crippen LogP contribution in [0.25, 0.3) is 127 Å². The SMILES string of the molecule is c1ccc(-c2nc(-c3ccc(-c4cccc5c4sc4ccc(-c6ccc(-c7nc8ccccc8n7-c7ccccc7)cc6)cc45)cc3)nc(-c3cccc4oc5ccccc5c34)n2)cc1. The normalized spacial score (nSPS) is 11.7. The van der Waals surface area contributed by atoms with Gasteiger partial charge in [0.15, 0.2) is 17.5 Å². The number of imidazole rings is 1. The molecule has 65 heavy (non-hydrogen) atoms. The van der Waals surface area contributed by atoms with Gasteiger partial charge in [0, 0.05) is 58.9 Å². The maximum Gasteiger partial charge on any atom is 0.164 e. The first-order valence-electron chi connectivity index (χ1n) is 21.6. The molecule has 4 aromatic heterocycles. The van der Waals surface area contributed by atoms with E-state index in [2.05, 4.69) is 144 Å². The highest BCUT2D eigenvalue weighted by Crippen LogP contribution is 2.42. The fourth-order valence-electron chi connectivity index (χ4n) is 9.18. The zero-order valence-corrected chi connectivity index (χ0v) is 35.6. The summed E-state index contributed by atoms with van der Waals surface area (Å²) in [4.78, 5) is 20.3. The number of hydrogen-bond acceptors (Lipinski definition) is 6. The molecule has 0 unspecified atom stereocenters. The standard InChI is InChI=1S/C58H35N5OS/c1-3-13-38(14-4-1)55-60-56(62-57(61-55)46-20-12-24-51-53(46)45-17-7-10-23-50(45)64-51)39-29-27-37(28-30-39)43-18-11-19-44-47-35-41(33-34-52(47)65-54(43)44)36-25-31-40(32-26-36)58-59-48-21-8-9-22-49(48)63(58)42-15-5-2-6-16-42/h1-35H. The predicted octanol–water partition coefficient (Wildman–Crippen LogP) is 15.5. The van der Waals surface area contributed by atoms with Crippen LogP contribution in [0.5, 0.6) is 0 Å². The molecular formula is C58H35N5OS. The van der Waals surface area contributed by atoms with Gasteiger partial charge in [0.25, 0.3) is 0 Å². The summed E-state index contributed by atoms with van der Waals surface area (Å²) in [6.07, 6.45) is 0. The van der Waals surface area contributed by atoms with Gasteiger partial charge in [-0.2, -0.15) is 0 Å². The number of hydrogen-bond donors (Lipinski definition) is 0. The average Bonchev–Trinajstić information content (AvgIpc) is 4.08. The van der Waals surface area contributed by atoms with E-state index >= 15 is 0 Å². The van der Waals surface area contributed by atoms with Gasteiger partial charge in [-0.25, -0.2) is 19.9 Å². The van der Waals surface area contributed by atoms with Gasteiger partial charge in [-0.05, 0) is 70.8 Å². The van der Waals surface area contributed by atoms with E-state index in [4.69, 9.17) is 24.4 Å². The lowest BCUT2D eigenvalue weighted by Crippen LogP contribution is -2.00. The number of rotatable bonds is 7. The van der Waals surface area contributed by atoms with Crippen molar-refractivity contribution in [2.45, 2.75) is 0 Å². The lowest BCUT2D eigenvalue weighted by molar-refractivity contribution is 0.669. The van der Waals surface area contributed by atoms with Crippen LogP contribution in [-0.2, 0) is 0 Å². The first-order valence-corrected chi connectivity index (χ1v) is 22.4. The fraction of sp³-hybridized carbons (Fsp3) is 0. The average molecular weight is 850 g/mol. The van der Waals surface area contributed by atoms with Crippen LogP contribution in [0.2, 0.25) is 0 Å². The summed E-state index contributed by atoms with van der Waals surface area (Å²) in [6.45, 7) is 0. The summed E-state index contributed by atoms with van der Waals surface area (Å²) in [6, 6.07) is 74.0. The molecular weight excluding hydrogens is 815 g/mol. The van der Waals surface area contributed by atoms with Crippen LogP contribution in [0.4, 0.5) is 0 Å². The molecule has 0 amide bonds. The molecule has 0 saturated carbocycles. The van der Waals surface area contributed by atoms with Crippen LogP contribution in [0.3, 0.4) is 0 Å². The number of thiophene rings is 1. The number of aromatic nitrogens is 5. The van der Waals surface area contributed by atoms with Crippen LogP contribution >= 0.6 is 11.3 Å². The minimum absolute atomic E-state index is 0.601. The molecule has 7 heteroatoms. The topological polar surface area (TPSA) is 69.6 Å². The molecule has 0 aliphatic heterocycles. The summed E-state index contributed by atoms with van der Waals surface area (Å²) >= 11 is 1.84. The Bertz CT molecular complexity index is 3930. The second-order valence-corrected chi connectivity index (χ2v) is 17.2. The molecule has 304 valence electrons. The number of nitrogens with zero attached hydrogens (tertiary/aromatic N) is 5. The van der Waals surface area contributed by atoms with Crippen molar-refractivity contribution >= 4 is 64.5 Å². The van der Waals surface area contributed by atoms with Crippen molar-refractivity contribution in [3.8, 4) is 73.5 Å². The van der Waals surface area contributed by atoms with E-state index in [1.807, 2.05) is 84.1 Å². The van der Waals surface area contributed by atoms with Crippen molar-refractivity contribution in [2.75, 3.05) is 0 Å². The van der Waals surface area contributed by atoms with Gasteiger partial charge in [0.1, 0.15) is 17.0 Å². The molecule has 13 aromatic rings. The van der Waals surface area contributed by atoms with E-state index in [0.29, 0.717) is 17.5 Å². The molecule has 0 atom stereocenters. The van der Waals surface area contributed by atoms with Gasteiger partial charge in [0.2, 0.25) is 0 Å². The zero-order chi connectivity index (χ0) is 42.8. The summed E-state index contributed by atoms with van der Waals surface area (Å²) in [7, 11) is 0. The lowest BCUT2D eigenvalue weighted by atomic mass is 9.99. The molecule has 0 radical (unpaired) electrons. The number of para-hydroxylation sites is 4. The van der Waals surface area contributed by atoms with Crippen LogP contribution in [0.1, 0.15) is 0 Å². The summed E-state index contributed by atoms with van der Waals surface area (Å²) < 4.78 is 11.0. The van der Waals surface area contributed by atoms with E-state index in [-0.39, 0.29) is 0 Å². The van der Waals surface area contributed by atoms with Crippen molar-refractivity contribution in [3.63, 3.8) is 0 Å². The Balaban J connectivity index is 0.849.